The Kier molecular flexibility index (Phi) is 7.41. The predicted octanol–water partition coefficient (Wildman–Crippen LogP) is 4.16. The van der Waals surface area contributed by atoms with E-state index in [4.69, 9.17) is 9.47 Å². The van der Waals surface area contributed by atoms with Gasteiger partial charge >= 0.3 is 0 Å². The molecule has 148 valence electrons. The molecule has 0 unspecified atom stereocenters. The Morgan fingerprint density at radius 2 is 1.38 bits per heavy atom. The van der Waals surface area contributed by atoms with E-state index in [1.54, 1.807) is 18.2 Å². The summed E-state index contributed by atoms with van der Waals surface area (Å²) in [5.74, 6) is 0.799. The van der Waals surface area contributed by atoms with Crippen LogP contribution >= 0.6 is 0 Å². The molecule has 5 nitrogen and oxygen atoms in total. The summed E-state index contributed by atoms with van der Waals surface area (Å²) >= 11 is 0. The molecule has 0 bridgehead atoms. The molecule has 29 heavy (non-hydrogen) atoms. The molecular weight excluding hydrogens is 366 g/mol. The third kappa shape index (κ3) is 6.21. The van der Waals surface area contributed by atoms with E-state index in [0.29, 0.717) is 36.8 Å². The summed E-state index contributed by atoms with van der Waals surface area (Å²) in [7, 11) is 0. The van der Waals surface area contributed by atoms with Gasteiger partial charge in [-0.2, -0.15) is 0 Å². The van der Waals surface area contributed by atoms with Crippen LogP contribution in [0, 0.1) is 0 Å². The van der Waals surface area contributed by atoms with Gasteiger partial charge in [0.1, 0.15) is 19.5 Å². The summed E-state index contributed by atoms with van der Waals surface area (Å²) in [5, 5.41) is 2.71. The third-order valence-corrected chi connectivity index (χ3v) is 4.23. The molecule has 3 aromatic rings. The molecule has 1 N–H and O–H groups in total. The van der Waals surface area contributed by atoms with Crippen molar-refractivity contribution in [1.82, 2.24) is 5.32 Å². The van der Waals surface area contributed by atoms with Crippen molar-refractivity contribution >= 4 is 12.2 Å². The molecule has 1 amide bonds. The molecular formula is C24H23NO4. The Morgan fingerprint density at radius 3 is 1.97 bits per heavy atom. The van der Waals surface area contributed by atoms with Crippen molar-refractivity contribution in [1.29, 1.82) is 0 Å². The van der Waals surface area contributed by atoms with Crippen LogP contribution in [0.25, 0.3) is 0 Å². The largest absolute Gasteiger partial charge is 0.485 e. The second kappa shape index (κ2) is 10.7. The maximum Gasteiger partial charge on any atom is 0.251 e. The molecule has 0 aliphatic rings. The molecule has 0 aromatic heterocycles. The second-order valence-corrected chi connectivity index (χ2v) is 6.42. The zero-order valence-electron chi connectivity index (χ0n) is 16.0. The molecule has 0 saturated carbocycles. The highest BCUT2D eigenvalue weighted by molar-refractivity contribution is 5.95. The van der Waals surface area contributed by atoms with Gasteiger partial charge in [-0.25, -0.2) is 0 Å². The molecule has 0 atom stereocenters. The Labute approximate surface area is 170 Å². The standard InChI is InChI=1S/C24H23NO4/c26-15-7-14-25-24(27)21-12-13-22(28-17-19-8-3-1-4-9-19)23(16-21)29-18-20-10-5-2-6-11-20/h1-6,8-13,15-16H,7,14,17-18H2,(H,25,27). The maximum absolute atomic E-state index is 12.3. The summed E-state index contributed by atoms with van der Waals surface area (Å²) in [5.41, 5.74) is 2.51. The van der Waals surface area contributed by atoms with E-state index in [-0.39, 0.29) is 12.3 Å². The molecule has 0 heterocycles. The highest BCUT2D eigenvalue weighted by atomic mass is 16.5. The van der Waals surface area contributed by atoms with Gasteiger partial charge in [-0.15, -0.1) is 0 Å². The van der Waals surface area contributed by atoms with Crippen LogP contribution in [0.1, 0.15) is 27.9 Å². The van der Waals surface area contributed by atoms with Crippen molar-refractivity contribution in [2.45, 2.75) is 19.6 Å². The van der Waals surface area contributed by atoms with Crippen LogP contribution in [0.4, 0.5) is 0 Å². The fourth-order valence-electron chi connectivity index (χ4n) is 2.70. The van der Waals surface area contributed by atoms with Crippen LogP contribution < -0.4 is 14.8 Å². The van der Waals surface area contributed by atoms with Crippen LogP contribution in [-0.4, -0.2) is 18.7 Å². The minimum absolute atomic E-state index is 0.258. The van der Waals surface area contributed by atoms with Crippen LogP contribution in [0.3, 0.4) is 0 Å². The topological polar surface area (TPSA) is 64.6 Å². The first kappa shape index (κ1) is 20.1. The monoisotopic (exact) mass is 389 g/mol. The Bertz CT molecular complexity index is 926. The van der Waals surface area contributed by atoms with E-state index in [1.807, 2.05) is 60.7 Å². The molecule has 5 heteroatoms. The molecule has 3 aromatic carbocycles. The van der Waals surface area contributed by atoms with E-state index in [9.17, 15) is 9.59 Å². The fourth-order valence-corrected chi connectivity index (χ4v) is 2.70. The fraction of sp³-hybridized carbons (Fsp3) is 0.167. The number of benzene rings is 3. The highest BCUT2D eigenvalue weighted by Crippen LogP contribution is 2.30. The third-order valence-electron chi connectivity index (χ3n) is 4.23. The van der Waals surface area contributed by atoms with Gasteiger partial charge in [0.2, 0.25) is 0 Å². The van der Waals surface area contributed by atoms with Gasteiger partial charge in [-0.05, 0) is 29.3 Å². The zero-order chi connectivity index (χ0) is 20.3. The van der Waals surface area contributed by atoms with E-state index < -0.39 is 0 Å². The van der Waals surface area contributed by atoms with Gasteiger partial charge in [0, 0.05) is 18.5 Å². The quantitative estimate of drug-likeness (QED) is 0.418. The Morgan fingerprint density at radius 1 is 0.793 bits per heavy atom. The van der Waals surface area contributed by atoms with Crippen molar-refractivity contribution in [3.05, 3.63) is 95.6 Å². The molecule has 0 fully saturated rings. The van der Waals surface area contributed by atoms with Crippen LogP contribution in [-0.2, 0) is 18.0 Å². The van der Waals surface area contributed by atoms with Crippen LogP contribution in [0.15, 0.2) is 78.9 Å². The first-order valence-corrected chi connectivity index (χ1v) is 9.45. The lowest BCUT2D eigenvalue weighted by molar-refractivity contribution is -0.107. The SMILES string of the molecule is O=CCCNC(=O)c1ccc(OCc2ccccc2)c(OCc2ccccc2)c1. The van der Waals surface area contributed by atoms with Crippen molar-refractivity contribution in [3.63, 3.8) is 0 Å². The number of aldehydes is 1. The van der Waals surface area contributed by atoms with Gasteiger partial charge in [0.05, 0.1) is 0 Å². The summed E-state index contributed by atoms with van der Waals surface area (Å²) in [6.45, 7) is 1.06. The van der Waals surface area contributed by atoms with E-state index >= 15 is 0 Å². The Balaban J connectivity index is 1.75. The number of carbonyl (C=O) groups excluding carboxylic acids is 2. The number of ether oxygens (including phenoxy) is 2. The number of nitrogens with one attached hydrogen (secondary N) is 1. The predicted molar refractivity (Wildman–Crippen MR) is 111 cm³/mol. The summed E-state index contributed by atoms with van der Waals surface area (Å²) in [6, 6.07) is 24.7. The van der Waals surface area contributed by atoms with Crippen molar-refractivity contribution in [2.75, 3.05) is 6.54 Å². The van der Waals surface area contributed by atoms with Crippen LogP contribution in [0.2, 0.25) is 0 Å². The maximum atomic E-state index is 12.3. The lowest BCUT2D eigenvalue weighted by atomic mass is 10.1. The number of amides is 1. The minimum atomic E-state index is -0.258. The van der Waals surface area contributed by atoms with Crippen molar-refractivity contribution in [3.8, 4) is 11.5 Å². The molecule has 3 rings (SSSR count). The lowest BCUT2D eigenvalue weighted by Crippen LogP contribution is -2.24. The molecule has 0 radical (unpaired) electrons. The zero-order valence-corrected chi connectivity index (χ0v) is 16.0. The van der Waals surface area contributed by atoms with Gasteiger partial charge in [-0.3, -0.25) is 4.79 Å². The summed E-state index contributed by atoms with van der Waals surface area (Å²) < 4.78 is 11.9. The minimum Gasteiger partial charge on any atom is -0.485 e. The average molecular weight is 389 g/mol. The number of hydrogen-bond donors (Lipinski definition) is 1. The van der Waals surface area contributed by atoms with Gasteiger partial charge in [0.15, 0.2) is 11.5 Å². The molecule has 0 aliphatic carbocycles. The average Bonchev–Trinajstić information content (AvgIpc) is 2.78. The first-order valence-electron chi connectivity index (χ1n) is 9.45. The lowest BCUT2D eigenvalue weighted by Gasteiger charge is -2.14. The summed E-state index contributed by atoms with van der Waals surface area (Å²) in [4.78, 5) is 22.8. The van der Waals surface area contributed by atoms with E-state index in [2.05, 4.69) is 5.32 Å². The van der Waals surface area contributed by atoms with Crippen LogP contribution in [0.5, 0.6) is 11.5 Å². The van der Waals surface area contributed by atoms with E-state index in [0.717, 1.165) is 17.4 Å². The van der Waals surface area contributed by atoms with E-state index in [1.165, 1.54) is 0 Å². The van der Waals surface area contributed by atoms with Crippen molar-refractivity contribution in [2.24, 2.45) is 0 Å². The highest BCUT2D eigenvalue weighted by Gasteiger charge is 2.12. The smallest absolute Gasteiger partial charge is 0.251 e. The van der Waals surface area contributed by atoms with Gasteiger partial charge in [-0.1, -0.05) is 60.7 Å². The number of carbonyl (C=O) groups is 2. The second-order valence-electron chi connectivity index (χ2n) is 6.42. The normalized spacial score (nSPS) is 10.2. The molecule has 0 aliphatic heterocycles. The summed E-state index contributed by atoms with van der Waals surface area (Å²) in [6.07, 6.45) is 1.05. The molecule has 0 saturated heterocycles. The number of rotatable bonds is 10. The Hall–Kier alpha value is -3.60. The molecule has 0 spiro atoms. The van der Waals surface area contributed by atoms with Gasteiger partial charge < -0.3 is 19.6 Å². The van der Waals surface area contributed by atoms with Gasteiger partial charge in [0.25, 0.3) is 5.91 Å². The van der Waals surface area contributed by atoms with Crippen molar-refractivity contribution < 1.29 is 19.1 Å². The number of hydrogen-bond acceptors (Lipinski definition) is 4. The first-order chi connectivity index (χ1) is 14.3.